The molecule has 0 radical (unpaired) electrons. The largest absolute Gasteiger partial charge is 0.408 e. The van der Waals surface area contributed by atoms with Crippen LogP contribution in [0.1, 0.15) is 74.1 Å². The molecule has 0 aromatic heterocycles. The van der Waals surface area contributed by atoms with Gasteiger partial charge in [-0.3, -0.25) is 0 Å². The van der Waals surface area contributed by atoms with Crippen molar-refractivity contribution in [3.05, 3.63) is 11.6 Å². The van der Waals surface area contributed by atoms with E-state index in [1.54, 1.807) is 5.57 Å². The Morgan fingerprint density at radius 1 is 1.12 bits per heavy atom. The molecule has 0 N–H and O–H groups in total. The Morgan fingerprint density at radius 3 is 2.29 bits per heavy atom. The van der Waals surface area contributed by atoms with Crippen LogP contribution in [0.3, 0.4) is 0 Å². The Hall–Kier alpha value is -0.123. The van der Waals surface area contributed by atoms with Gasteiger partial charge in [-0.15, -0.1) is 0 Å². The standard InChI is InChI=1S/C21H38O2Si/c1-8-24(9-2,10-3)23-20(7)12-11-17-18(20)15-21(16(4)5)14-13-19(17,6)22-21/h15-17H,8-14H2,1-7H3/t17-,19+,20+,21-/m1/s1. The predicted octanol–water partition coefficient (Wildman–Crippen LogP) is 6.08. The first-order chi connectivity index (χ1) is 11.2. The minimum atomic E-state index is -1.61. The van der Waals surface area contributed by atoms with Gasteiger partial charge in [0.25, 0.3) is 0 Å². The molecule has 2 nitrogen and oxygen atoms in total. The number of rotatable bonds is 6. The molecule has 0 spiro atoms. The van der Waals surface area contributed by atoms with Gasteiger partial charge in [0.2, 0.25) is 0 Å². The van der Waals surface area contributed by atoms with Crippen LogP contribution >= 0.6 is 0 Å². The molecule has 2 aliphatic heterocycles. The first-order valence-electron chi connectivity index (χ1n) is 10.3. The van der Waals surface area contributed by atoms with Gasteiger partial charge >= 0.3 is 0 Å². The van der Waals surface area contributed by atoms with Crippen molar-refractivity contribution in [2.24, 2.45) is 11.8 Å². The third kappa shape index (κ3) is 2.57. The molecule has 3 aliphatic rings. The Balaban J connectivity index is 2.00. The van der Waals surface area contributed by atoms with Crippen LogP contribution < -0.4 is 0 Å². The fourth-order valence-electron chi connectivity index (χ4n) is 5.69. The smallest absolute Gasteiger partial charge is 0.193 e. The summed E-state index contributed by atoms with van der Waals surface area (Å²) in [5.74, 6) is 1.09. The van der Waals surface area contributed by atoms with Crippen LogP contribution in [0.2, 0.25) is 18.1 Å². The molecule has 3 heteroatoms. The van der Waals surface area contributed by atoms with Crippen LogP contribution in [0.5, 0.6) is 0 Å². The summed E-state index contributed by atoms with van der Waals surface area (Å²) < 4.78 is 13.8. The number of fused-ring (bicyclic) bond motifs is 4. The van der Waals surface area contributed by atoms with Crippen LogP contribution in [-0.4, -0.2) is 25.1 Å². The van der Waals surface area contributed by atoms with Gasteiger partial charge in [-0.1, -0.05) is 40.7 Å². The maximum atomic E-state index is 7.11. The summed E-state index contributed by atoms with van der Waals surface area (Å²) >= 11 is 0. The topological polar surface area (TPSA) is 18.5 Å². The van der Waals surface area contributed by atoms with Gasteiger partial charge in [-0.2, -0.15) is 0 Å². The van der Waals surface area contributed by atoms with E-state index in [-0.39, 0.29) is 16.8 Å². The molecule has 2 fully saturated rings. The highest BCUT2D eigenvalue weighted by Crippen LogP contribution is 2.60. The Bertz CT molecular complexity index is 516. The number of hydrogen-bond donors (Lipinski definition) is 0. The lowest BCUT2D eigenvalue weighted by Gasteiger charge is -2.47. The van der Waals surface area contributed by atoms with Crippen molar-refractivity contribution in [1.82, 2.24) is 0 Å². The summed E-state index contributed by atoms with van der Waals surface area (Å²) in [5.41, 5.74) is 1.53. The fourth-order valence-corrected chi connectivity index (χ4v) is 8.80. The van der Waals surface area contributed by atoms with Gasteiger partial charge in [0.15, 0.2) is 8.32 Å². The molecule has 1 saturated heterocycles. The van der Waals surface area contributed by atoms with E-state index in [0.29, 0.717) is 11.8 Å². The first kappa shape index (κ1) is 18.7. The summed E-state index contributed by atoms with van der Waals surface area (Å²) in [5, 5.41) is 0. The summed E-state index contributed by atoms with van der Waals surface area (Å²) in [6.45, 7) is 16.4. The lowest BCUT2D eigenvalue weighted by atomic mass is 9.79. The monoisotopic (exact) mass is 350 g/mol. The van der Waals surface area contributed by atoms with Crippen molar-refractivity contribution in [3.8, 4) is 0 Å². The molecular weight excluding hydrogens is 312 g/mol. The number of hydrogen-bond acceptors (Lipinski definition) is 2. The lowest BCUT2D eigenvalue weighted by Crippen LogP contribution is -2.50. The second kappa shape index (κ2) is 5.96. The SMILES string of the molecule is CC[Si](CC)(CC)O[C@@]1(C)CC[C@@H]2C1=C[C@@]1(C(C)C)CC[C@]2(C)O1. The average molecular weight is 351 g/mol. The minimum Gasteiger partial charge on any atom is -0.408 e. The summed E-state index contributed by atoms with van der Waals surface area (Å²) in [6, 6.07) is 3.70. The molecule has 2 heterocycles. The van der Waals surface area contributed by atoms with Gasteiger partial charge in [-0.25, -0.2) is 0 Å². The Kier molecular flexibility index (Phi) is 4.63. The zero-order chi connectivity index (χ0) is 17.8. The van der Waals surface area contributed by atoms with Crippen molar-refractivity contribution < 1.29 is 9.16 Å². The highest BCUT2D eigenvalue weighted by molar-refractivity contribution is 6.73. The molecule has 3 rings (SSSR count). The zero-order valence-corrected chi connectivity index (χ0v) is 18.0. The third-order valence-corrected chi connectivity index (χ3v) is 12.6. The molecule has 138 valence electrons. The van der Waals surface area contributed by atoms with Crippen LogP contribution in [-0.2, 0) is 9.16 Å². The quantitative estimate of drug-likeness (QED) is 0.427. The number of ether oxygens (including phenoxy) is 1. The van der Waals surface area contributed by atoms with Gasteiger partial charge in [-0.05, 0) is 69.2 Å². The van der Waals surface area contributed by atoms with E-state index in [1.165, 1.54) is 43.8 Å². The molecule has 0 aromatic rings. The summed E-state index contributed by atoms with van der Waals surface area (Å²) in [7, 11) is -1.61. The maximum absolute atomic E-state index is 7.11. The van der Waals surface area contributed by atoms with Crippen molar-refractivity contribution in [2.45, 2.75) is 109 Å². The van der Waals surface area contributed by atoms with E-state index in [1.807, 2.05) is 0 Å². The average Bonchev–Trinajstić information content (AvgIpc) is 3.03. The van der Waals surface area contributed by atoms with E-state index in [2.05, 4.69) is 54.5 Å². The Labute approximate surface area is 150 Å². The minimum absolute atomic E-state index is 0.0321. The fraction of sp³-hybridized carbons (Fsp3) is 0.905. The Morgan fingerprint density at radius 2 is 1.75 bits per heavy atom. The summed E-state index contributed by atoms with van der Waals surface area (Å²) in [4.78, 5) is 0. The predicted molar refractivity (Wildman–Crippen MR) is 104 cm³/mol. The van der Waals surface area contributed by atoms with Crippen molar-refractivity contribution >= 4 is 8.32 Å². The van der Waals surface area contributed by atoms with E-state index in [4.69, 9.17) is 9.16 Å². The second-order valence-corrected chi connectivity index (χ2v) is 14.0. The van der Waals surface area contributed by atoms with Crippen LogP contribution in [0.25, 0.3) is 0 Å². The van der Waals surface area contributed by atoms with Gasteiger partial charge in [0, 0.05) is 5.92 Å². The maximum Gasteiger partial charge on any atom is 0.193 e. The van der Waals surface area contributed by atoms with Crippen LogP contribution in [0.4, 0.5) is 0 Å². The third-order valence-electron chi connectivity index (χ3n) is 7.82. The normalized spacial score (nSPS) is 41.7. The molecule has 0 unspecified atom stereocenters. The van der Waals surface area contributed by atoms with Gasteiger partial charge < -0.3 is 9.16 Å². The molecule has 1 aliphatic carbocycles. The summed E-state index contributed by atoms with van der Waals surface area (Å²) in [6.07, 6.45) is 7.31. The second-order valence-electron chi connectivity index (χ2n) is 9.29. The van der Waals surface area contributed by atoms with E-state index >= 15 is 0 Å². The molecule has 2 bridgehead atoms. The van der Waals surface area contributed by atoms with E-state index in [9.17, 15) is 0 Å². The van der Waals surface area contributed by atoms with Crippen LogP contribution in [0.15, 0.2) is 11.6 Å². The lowest BCUT2D eigenvalue weighted by molar-refractivity contribution is -0.124. The molecule has 0 amide bonds. The first-order valence-corrected chi connectivity index (χ1v) is 12.8. The van der Waals surface area contributed by atoms with Crippen LogP contribution in [0, 0.1) is 11.8 Å². The van der Waals surface area contributed by atoms with E-state index < -0.39 is 8.32 Å². The highest BCUT2D eigenvalue weighted by Gasteiger charge is 2.61. The van der Waals surface area contributed by atoms with Crippen molar-refractivity contribution in [2.75, 3.05) is 0 Å². The van der Waals surface area contributed by atoms with Crippen molar-refractivity contribution in [1.29, 1.82) is 0 Å². The van der Waals surface area contributed by atoms with Gasteiger partial charge in [0.1, 0.15) is 0 Å². The molecular formula is C21H38O2Si. The highest BCUT2D eigenvalue weighted by atomic mass is 28.4. The molecule has 1 saturated carbocycles. The molecule has 0 aromatic carbocycles. The van der Waals surface area contributed by atoms with E-state index in [0.717, 1.165) is 0 Å². The van der Waals surface area contributed by atoms with Gasteiger partial charge in [0.05, 0.1) is 16.8 Å². The van der Waals surface area contributed by atoms with Crippen molar-refractivity contribution in [3.63, 3.8) is 0 Å². The zero-order valence-electron chi connectivity index (χ0n) is 17.0. The molecule has 24 heavy (non-hydrogen) atoms. The molecule has 4 atom stereocenters.